The maximum absolute atomic E-state index is 13.7. The first-order valence-corrected chi connectivity index (χ1v) is 5.95. The largest absolute Gasteiger partial charge is 0.490 e. The van der Waals surface area contributed by atoms with Crippen LogP contribution >= 0.6 is 0 Å². The molecule has 0 aliphatic heterocycles. The molecule has 17 heavy (non-hydrogen) atoms. The zero-order valence-corrected chi connectivity index (χ0v) is 9.95. The van der Waals surface area contributed by atoms with Gasteiger partial charge in [0, 0.05) is 6.54 Å². The molecule has 0 spiro atoms. The molecule has 2 rings (SSSR count). The summed E-state index contributed by atoms with van der Waals surface area (Å²) in [5.41, 5.74) is 0.565. The van der Waals surface area contributed by atoms with E-state index in [2.05, 4.69) is 5.32 Å². The number of halogens is 1. The van der Waals surface area contributed by atoms with Crippen molar-refractivity contribution in [2.75, 3.05) is 20.2 Å². The highest BCUT2D eigenvalue weighted by molar-refractivity contribution is 5.30. The summed E-state index contributed by atoms with van der Waals surface area (Å²) in [4.78, 5) is 0. The molecular formula is C13H18FNO2. The Labute approximate surface area is 101 Å². The summed E-state index contributed by atoms with van der Waals surface area (Å²) in [5, 5.41) is 12.5. The summed E-state index contributed by atoms with van der Waals surface area (Å²) < 4.78 is 19.0. The number of ether oxygens (including phenoxy) is 1. The number of hydrogen-bond donors (Lipinski definition) is 2. The van der Waals surface area contributed by atoms with E-state index in [4.69, 9.17) is 4.74 Å². The zero-order valence-electron chi connectivity index (χ0n) is 9.95. The molecule has 1 aliphatic rings. The summed E-state index contributed by atoms with van der Waals surface area (Å²) in [5.74, 6) is 0.472. The molecule has 1 atom stereocenters. The molecule has 4 heteroatoms. The van der Waals surface area contributed by atoms with Crippen LogP contribution in [0.15, 0.2) is 18.2 Å². The predicted molar refractivity (Wildman–Crippen MR) is 63.5 cm³/mol. The van der Waals surface area contributed by atoms with Crippen LogP contribution in [0.25, 0.3) is 0 Å². The van der Waals surface area contributed by atoms with Gasteiger partial charge in [-0.15, -0.1) is 0 Å². The lowest BCUT2D eigenvalue weighted by atomic mass is 10.1. The first-order chi connectivity index (χ1) is 8.20. The van der Waals surface area contributed by atoms with Crippen molar-refractivity contribution >= 4 is 0 Å². The molecule has 0 amide bonds. The number of benzene rings is 1. The minimum atomic E-state index is -0.688. The average Bonchev–Trinajstić information content (AvgIpc) is 3.11. The van der Waals surface area contributed by atoms with Crippen molar-refractivity contribution in [2.45, 2.75) is 18.9 Å². The third-order valence-electron chi connectivity index (χ3n) is 2.91. The summed E-state index contributed by atoms with van der Waals surface area (Å²) in [7, 11) is 1.74. The van der Waals surface area contributed by atoms with Gasteiger partial charge in [0.25, 0.3) is 0 Å². The standard InChI is InChI=1S/C13H18FNO2/c1-15-7-12(16)10-4-5-13(11(14)6-10)17-8-9-2-3-9/h4-6,9,12,15-16H,2-3,7-8H2,1H3. The molecule has 1 saturated carbocycles. The summed E-state index contributed by atoms with van der Waals surface area (Å²) >= 11 is 0. The second-order valence-corrected chi connectivity index (χ2v) is 4.52. The molecule has 94 valence electrons. The number of nitrogens with one attached hydrogen (secondary N) is 1. The van der Waals surface area contributed by atoms with Gasteiger partial charge in [-0.3, -0.25) is 0 Å². The van der Waals surface area contributed by atoms with Crippen LogP contribution in [0.3, 0.4) is 0 Å². The van der Waals surface area contributed by atoms with E-state index < -0.39 is 11.9 Å². The van der Waals surface area contributed by atoms with Crippen LogP contribution in [0.2, 0.25) is 0 Å². The highest BCUT2D eigenvalue weighted by atomic mass is 19.1. The van der Waals surface area contributed by atoms with Crippen molar-refractivity contribution in [3.8, 4) is 5.75 Å². The van der Waals surface area contributed by atoms with Gasteiger partial charge in [-0.05, 0) is 43.5 Å². The van der Waals surface area contributed by atoms with Gasteiger partial charge >= 0.3 is 0 Å². The first kappa shape index (κ1) is 12.3. The normalized spacial score (nSPS) is 16.9. The Morgan fingerprint density at radius 2 is 2.29 bits per heavy atom. The first-order valence-electron chi connectivity index (χ1n) is 5.95. The van der Waals surface area contributed by atoms with Crippen molar-refractivity contribution in [3.05, 3.63) is 29.6 Å². The molecular weight excluding hydrogens is 221 g/mol. The molecule has 2 N–H and O–H groups in total. The lowest BCUT2D eigenvalue weighted by molar-refractivity contribution is 0.177. The van der Waals surface area contributed by atoms with Crippen LogP contribution in [0, 0.1) is 11.7 Å². The van der Waals surface area contributed by atoms with Gasteiger partial charge in [0.1, 0.15) is 0 Å². The van der Waals surface area contributed by atoms with Crippen LogP contribution < -0.4 is 10.1 Å². The summed E-state index contributed by atoms with van der Waals surface area (Å²) in [6, 6.07) is 4.63. The van der Waals surface area contributed by atoms with Crippen LogP contribution in [0.4, 0.5) is 4.39 Å². The number of aliphatic hydroxyl groups is 1. The Hall–Kier alpha value is -1.13. The Morgan fingerprint density at radius 3 is 2.88 bits per heavy atom. The maximum atomic E-state index is 13.7. The van der Waals surface area contributed by atoms with Crippen molar-refractivity contribution < 1.29 is 14.2 Å². The third kappa shape index (κ3) is 3.41. The predicted octanol–water partition coefficient (Wildman–Crippen LogP) is 1.87. The number of hydrogen-bond acceptors (Lipinski definition) is 3. The molecule has 0 saturated heterocycles. The topological polar surface area (TPSA) is 41.5 Å². The van der Waals surface area contributed by atoms with Crippen molar-refractivity contribution in [1.29, 1.82) is 0 Å². The molecule has 1 aromatic rings. The highest BCUT2D eigenvalue weighted by Crippen LogP contribution is 2.30. The van der Waals surface area contributed by atoms with Crippen molar-refractivity contribution in [2.24, 2.45) is 5.92 Å². The Balaban J connectivity index is 1.99. The second kappa shape index (κ2) is 5.47. The number of likely N-dealkylation sites (N-methyl/N-ethyl adjacent to an activating group) is 1. The van der Waals surface area contributed by atoms with E-state index in [0.29, 0.717) is 24.6 Å². The van der Waals surface area contributed by atoms with Gasteiger partial charge in [-0.25, -0.2) is 4.39 Å². The maximum Gasteiger partial charge on any atom is 0.165 e. The van der Waals surface area contributed by atoms with E-state index >= 15 is 0 Å². The van der Waals surface area contributed by atoms with Crippen LogP contribution in [-0.2, 0) is 0 Å². The van der Waals surface area contributed by atoms with Gasteiger partial charge in [-0.1, -0.05) is 6.07 Å². The van der Waals surface area contributed by atoms with Crippen LogP contribution in [0.1, 0.15) is 24.5 Å². The van der Waals surface area contributed by atoms with E-state index in [1.165, 1.54) is 18.9 Å². The fraction of sp³-hybridized carbons (Fsp3) is 0.538. The molecule has 0 bridgehead atoms. The number of rotatable bonds is 6. The molecule has 0 aromatic heterocycles. The average molecular weight is 239 g/mol. The van der Waals surface area contributed by atoms with E-state index in [-0.39, 0.29) is 5.75 Å². The minimum absolute atomic E-state index is 0.275. The van der Waals surface area contributed by atoms with E-state index in [0.717, 1.165) is 0 Å². The lowest BCUT2D eigenvalue weighted by Crippen LogP contribution is -2.16. The van der Waals surface area contributed by atoms with E-state index in [1.807, 2.05) is 0 Å². The fourth-order valence-electron chi connectivity index (χ4n) is 1.64. The summed E-state index contributed by atoms with van der Waals surface area (Å²) in [6.45, 7) is 0.997. The van der Waals surface area contributed by atoms with Crippen molar-refractivity contribution in [3.63, 3.8) is 0 Å². The molecule has 3 nitrogen and oxygen atoms in total. The molecule has 1 unspecified atom stereocenters. The van der Waals surface area contributed by atoms with Gasteiger partial charge < -0.3 is 15.2 Å². The Bertz CT molecular complexity index is 380. The molecule has 1 aromatic carbocycles. The SMILES string of the molecule is CNCC(O)c1ccc(OCC2CC2)c(F)c1. The molecule has 1 fully saturated rings. The minimum Gasteiger partial charge on any atom is -0.490 e. The van der Waals surface area contributed by atoms with Crippen LogP contribution in [0.5, 0.6) is 5.75 Å². The highest BCUT2D eigenvalue weighted by Gasteiger charge is 2.22. The monoisotopic (exact) mass is 239 g/mol. The van der Waals surface area contributed by atoms with Gasteiger partial charge in [0.2, 0.25) is 0 Å². The molecule has 1 aliphatic carbocycles. The molecule has 0 radical (unpaired) electrons. The van der Waals surface area contributed by atoms with Gasteiger partial charge in [0.15, 0.2) is 11.6 Å². The van der Waals surface area contributed by atoms with Gasteiger partial charge in [0.05, 0.1) is 12.7 Å². The van der Waals surface area contributed by atoms with Crippen molar-refractivity contribution in [1.82, 2.24) is 5.32 Å². The molecule has 0 heterocycles. The van der Waals surface area contributed by atoms with Gasteiger partial charge in [-0.2, -0.15) is 0 Å². The number of aliphatic hydroxyl groups excluding tert-OH is 1. The zero-order chi connectivity index (χ0) is 12.3. The fourth-order valence-corrected chi connectivity index (χ4v) is 1.64. The Morgan fingerprint density at radius 1 is 1.53 bits per heavy atom. The smallest absolute Gasteiger partial charge is 0.165 e. The quantitative estimate of drug-likeness (QED) is 0.796. The van der Waals surface area contributed by atoms with E-state index in [1.54, 1.807) is 19.2 Å². The second-order valence-electron chi connectivity index (χ2n) is 4.52. The Kier molecular flexibility index (Phi) is 3.97. The van der Waals surface area contributed by atoms with E-state index in [9.17, 15) is 9.50 Å². The summed E-state index contributed by atoms with van der Waals surface area (Å²) in [6.07, 6.45) is 1.67. The lowest BCUT2D eigenvalue weighted by Gasteiger charge is -2.12. The third-order valence-corrected chi connectivity index (χ3v) is 2.91. The van der Waals surface area contributed by atoms with Crippen LogP contribution in [-0.4, -0.2) is 25.3 Å².